The summed E-state index contributed by atoms with van der Waals surface area (Å²) in [5, 5.41) is 2.97. The number of aromatic nitrogens is 1. The molecule has 1 fully saturated rings. The Hall–Kier alpha value is -3.47. The second-order valence-corrected chi connectivity index (χ2v) is 10.2. The predicted molar refractivity (Wildman–Crippen MR) is 131 cm³/mol. The van der Waals surface area contributed by atoms with Gasteiger partial charge in [0, 0.05) is 23.9 Å². The highest BCUT2D eigenvalue weighted by Gasteiger charge is 2.21. The maximum absolute atomic E-state index is 12.6. The average Bonchev–Trinajstić information content (AvgIpc) is 2.88. The van der Waals surface area contributed by atoms with Crippen molar-refractivity contribution in [3.63, 3.8) is 0 Å². The van der Waals surface area contributed by atoms with Gasteiger partial charge in [0.15, 0.2) is 0 Å². The van der Waals surface area contributed by atoms with Crippen molar-refractivity contribution >= 4 is 28.0 Å². The number of rotatable bonds is 9. The van der Waals surface area contributed by atoms with Gasteiger partial charge in [0.2, 0.25) is 5.88 Å². The number of sulfonamides is 1. The molecule has 1 aromatic heterocycles. The molecule has 1 aromatic carbocycles. The number of amides is 2. The zero-order valence-electron chi connectivity index (χ0n) is 20.4. The molecule has 1 heterocycles. The Bertz CT molecular complexity index is 1160. The molecular formula is C25H31N3O7S. The fourth-order valence-corrected chi connectivity index (χ4v) is 4.79. The molecule has 2 aromatic rings. The summed E-state index contributed by atoms with van der Waals surface area (Å²) in [5.74, 6) is -1.26. The summed E-state index contributed by atoms with van der Waals surface area (Å²) in [5.41, 5.74) is 0.288. The number of hydrogen-bond acceptors (Lipinski definition) is 8. The summed E-state index contributed by atoms with van der Waals surface area (Å²) in [7, 11) is -4.19. The van der Waals surface area contributed by atoms with Crippen molar-refractivity contribution in [2.24, 2.45) is 0 Å². The molecule has 1 aliphatic rings. The molecule has 10 nitrogen and oxygen atoms in total. The van der Waals surface area contributed by atoms with Crippen LogP contribution in [0.3, 0.4) is 0 Å². The quantitative estimate of drug-likeness (QED) is 0.476. The fraction of sp³-hybridized carbons (Fsp3) is 0.440. The lowest BCUT2D eigenvalue weighted by atomic mass is 9.95. The molecule has 0 aliphatic heterocycles. The molecule has 0 saturated heterocycles. The van der Waals surface area contributed by atoms with Gasteiger partial charge in [0.05, 0.1) is 10.5 Å². The van der Waals surface area contributed by atoms with Crippen LogP contribution in [0.15, 0.2) is 47.5 Å². The highest BCUT2D eigenvalue weighted by Crippen LogP contribution is 2.18. The normalized spacial score (nSPS) is 14.2. The van der Waals surface area contributed by atoms with Crippen LogP contribution in [0.5, 0.6) is 5.88 Å². The average molecular weight is 518 g/mol. The van der Waals surface area contributed by atoms with E-state index in [4.69, 9.17) is 9.47 Å². The van der Waals surface area contributed by atoms with E-state index >= 15 is 0 Å². The van der Waals surface area contributed by atoms with Crippen LogP contribution < -0.4 is 14.8 Å². The van der Waals surface area contributed by atoms with Gasteiger partial charge in [-0.05, 0) is 56.0 Å². The van der Waals surface area contributed by atoms with Crippen LogP contribution in [-0.2, 0) is 14.8 Å². The fourth-order valence-electron chi connectivity index (χ4n) is 3.82. The third-order valence-corrected chi connectivity index (χ3v) is 7.30. The molecule has 0 spiro atoms. The first-order valence-electron chi connectivity index (χ1n) is 12.0. The van der Waals surface area contributed by atoms with E-state index in [9.17, 15) is 22.8 Å². The first kappa shape index (κ1) is 27.1. The van der Waals surface area contributed by atoms with Crippen LogP contribution in [0.4, 0.5) is 4.79 Å². The van der Waals surface area contributed by atoms with E-state index < -0.39 is 22.1 Å². The summed E-state index contributed by atoms with van der Waals surface area (Å²) in [6.07, 6.45) is 6.40. The Kier molecular flexibility index (Phi) is 9.40. The van der Waals surface area contributed by atoms with Gasteiger partial charge >= 0.3 is 6.16 Å². The third kappa shape index (κ3) is 7.51. The van der Waals surface area contributed by atoms with E-state index in [0.717, 1.165) is 31.9 Å². The van der Waals surface area contributed by atoms with Crippen molar-refractivity contribution in [2.75, 3.05) is 0 Å². The van der Waals surface area contributed by atoms with Gasteiger partial charge in [0.1, 0.15) is 6.10 Å². The minimum absolute atomic E-state index is 0.0530. The number of ether oxygens (including phenoxy) is 2. The van der Waals surface area contributed by atoms with Crippen molar-refractivity contribution < 1.29 is 32.3 Å². The summed E-state index contributed by atoms with van der Waals surface area (Å²) >= 11 is 0. The molecule has 194 valence electrons. The van der Waals surface area contributed by atoms with E-state index in [-0.39, 0.29) is 34.4 Å². The number of carbonyl (C=O) groups is 3. The molecule has 3 rings (SSSR count). The number of nitrogens with zero attached hydrogens (tertiary/aromatic N) is 1. The Balaban J connectivity index is 1.57. The predicted octanol–water partition coefficient (Wildman–Crippen LogP) is 3.97. The lowest BCUT2D eigenvalue weighted by Gasteiger charge is -2.22. The minimum atomic E-state index is -4.19. The molecule has 11 heteroatoms. The highest BCUT2D eigenvalue weighted by molar-refractivity contribution is 7.90. The van der Waals surface area contributed by atoms with Gasteiger partial charge in [-0.1, -0.05) is 33.1 Å². The van der Waals surface area contributed by atoms with Gasteiger partial charge in [-0.3, -0.25) is 9.59 Å². The van der Waals surface area contributed by atoms with Gasteiger partial charge < -0.3 is 14.8 Å². The second kappa shape index (κ2) is 12.5. The van der Waals surface area contributed by atoms with Crippen molar-refractivity contribution in [2.45, 2.75) is 75.8 Å². The standard InChI is InChI=1S/C25H31N3O7S/c1-3-20(4-2)34-25(31)35-22-15-12-18(16-26-22)24(30)28-36(32,33)21-13-10-17(11-14-21)23(29)27-19-8-6-5-7-9-19/h10-16,19-20H,3-9H2,1-2H3,(H,27,29)(H,28,30). The van der Waals surface area contributed by atoms with E-state index in [0.29, 0.717) is 18.4 Å². The molecule has 0 radical (unpaired) electrons. The van der Waals surface area contributed by atoms with Gasteiger partial charge in [-0.15, -0.1) is 0 Å². The molecule has 0 unspecified atom stereocenters. The summed E-state index contributed by atoms with van der Waals surface area (Å²) < 4.78 is 37.4. The van der Waals surface area contributed by atoms with Crippen molar-refractivity contribution in [1.29, 1.82) is 0 Å². The molecule has 36 heavy (non-hydrogen) atoms. The number of nitrogens with one attached hydrogen (secondary N) is 2. The van der Waals surface area contributed by atoms with Gasteiger partial charge in [-0.2, -0.15) is 0 Å². The van der Waals surface area contributed by atoms with E-state index in [1.807, 2.05) is 18.6 Å². The van der Waals surface area contributed by atoms with Crippen LogP contribution in [-0.4, -0.2) is 43.5 Å². The topological polar surface area (TPSA) is 141 Å². The van der Waals surface area contributed by atoms with Gasteiger partial charge in [0.25, 0.3) is 21.8 Å². The van der Waals surface area contributed by atoms with E-state index in [2.05, 4.69) is 10.3 Å². The number of hydrogen-bond donors (Lipinski definition) is 2. The van der Waals surface area contributed by atoms with Gasteiger partial charge in [-0.25, -0.2) is 22.9 Å². The van der Waals surface area contributed by atoms with Crippen LogP contribution in [0.25, 0.3) is 0 Å². The van der Waals surface area contributed by atoms with Crippen molar-refractivity contribution in [3.05, 3.63) is 53.7 Å². The first-order chi connectivity index (χ1) is 17.2. The summed E-state index contributed by atoms with van der Waals surface area (Å²) in [6, 6.07) is 8.02. The van der Waals surface area contributed by atoms with Crippen LogP contribution in [0.1, 0.15) is 79.5 Å². The zero-order valence-corrected chi connectivity index (χ0v) is 21.2. The van der Waals surface area contributed by atoms with E-state index in [1.54, 1.807) is 0 Å². The second-order valence-electron chi connectivity index (χ2n) is 8.56. The summed E-state index contributed by atoms with van der Waals surface area (Å²) in [6.45, 7) is 3.76. The molecule has 0 atom stereocenters. The maximum atomic E-state index is 12.6. The van der Waals surface area contributed by atoms with Crippen LogP contribution in [0.2, 0.25) is 0 Å². The Morgan fingerprint density at radius 2 is 1.58 bits per heavy atom. The van der Waals surface area contributed by atoms with Crippen LogP contribution in [0, 0.1) is 0 Å². The van der Waals surface area contributed by atoms with Crippen molar-refractivity contribution in [1.82, 2.24) is 15.0 Å². The van der Waals surface area contributed by atoms with Crippen LogP contribution >= 0.6 is 0 Å². The molecule has 2 N–H and O–H groups in total. The highest BCUT2D eigenvalue weighted by atomic mass is 32.2. The number of carbonyl (C=O) groups excluding carboxylic acids is 3. The first-order valence-corrected chi connectivity index (χ1v) is 13.5. The summed E-state index contributed by atoms with van der Waals surface area (Å²) in [4.78, 5) is 40.4. The van der Waals surface area contributed by atoms with Crippen molar-refractivity contribution in [3.8, 4) is 5.88 Å². The van der Waals surface area contributed by atoms with E-state index in [1.165, 1.54) is 42.8 Å². The molecule has 0 bridgehead atoms. The lowest BCUT2D eigenvalue weighted by Crippen LogP contribution is -2.36. The Labute approximate surface area is 210 Å². The smallest absolute Gasteiger partial charge is 0.431 e. The number of benzene rings is 1. The monoisotopic (exact) mass is 517 g/mol. The Morgan fingerprint density at radius 3 is 2.17 bits per heavy atom. The third-order valence-electron chi connectivity index (χ3n) is 5.95. The molecule has 1 saturated carbocycles. The zero-order chi connectivity index (χ0) is 26.1. The number of pyridine rings is 1. The minimum Gasteiger partial charge on any atom is -0.431 e. The molecule has 2 amide bonds. The maximum Gasteiger partial charge on any atom is 0.515 e. The Morgan fingerprint density at radius 1 is 0.944 bits per heavy atom. The molecular weight excluding hydrogens is 486 g/mol. The molecule has 1 aliphatic carbocycles. The largest absolute Gasteiger partial charge is 0.515 e. The SMILES string of the molecule is CCC(CC)OC(=O)Oc1ccc(C(=O)NS(=O)(=O)c2ccc(C(=O)NC3CCCCC3)cc2)cn1. The lowest BCUT2D eigenvalue weighted by molar-refractivity contribution is 0.0538.